The minimum Gasteiger partial charge on any atom is -0.342 e. The number of rotatable bonds is 4. The van der Waals surface area contributed by atoms with Gasteiger partial charge in [0.2, 0.25) is 17.7 Å². The van der Waals surface area contributed by atoms with E-state index in [0.717, 1.165) is 17.7 Å². The molecular formula is C25H27FN2O3. The molecule has 0 spiro atoms. The standard InChI is InChI=1S/C25H27FN2O3/c1-17-7-3-4-11-21(17)18-8-6-12-28(16-18)23(30)15-25(14-22(29)27(2)24(25)31)19-9-5-10-20(26)13-19/h3-5,7,9-11,13,18H,6,8,12,14-16H2,1-2H3/t18-,25-/m1/s1. The van der Waals surface area contributed by atoms with Gasteiger partial charge in [-0.2, -0.15) is 0 Å². The first kappa shape index (κ1) is 21.2. The molecule has 0 bridgehead atoms. The lowest BCUT2D eigenvalue weighted by Crippen LogP contribution is -2.45. The van der Waals surface area contributed by atoms with Crippen LogP contribution in [-0.4, -0.2) is 47.7 Å². The van der Waals surface area contributed by atoms with Gasteiger partial charge in [0.1, 0.15) is 5.82 Å². The summed E-state index contributed by atoms with van der Waals surface area (Å²) in [6.45, 7) is 3.28. The normalized spacial score (nSPS) is 24.0. The van der Waals surface area contributed by atoms with Crippen LogP contribution < -0.4 is 0 Å². The summed E-state index contributed by atoms with van der Waals surface area (Å²) in [7, 11) is 1.42. The second-order valence-electron chi connectivity index (χ2n) is 8.74. The van der Waals surface area contributed by atoms with Crippen molar-refractivity contribution < 1.29 is 18.8 Å². The SMILES string of the molecule is Cc1ccccc1[C@@H]1CCCN(C(=O)C[C@@]2(c3cccc(F)c3)CC(=O)N(C)C2=O)C1. The maximum absolute atomic E-state index is 14.0. The number of imide groups is 1. The minimum absolute atomic E-state index is 0.118. The zero-order valence-corrected chi connectivity index (χ0v) is 17.9. The molecule has 0 unspecified atom stereocenters. The van der Waals surface area contributed by atoms with Crippen LogP contribution >= 0.6 is 0 Å². The molecule has 31 heavy (non-hydrogen) atoms. The highest BCUT2D eigenvalue weighted by atomic mass is 19.1. The van der Waals surface area contributed by atoms with Gasteiger partial charge in [-0.15, -0.1) is 0 Å². The van der Waals surface area contributed by atoms with Gasteiger partial charge in [0, 0.05) is 38.9 Å². The molecule has 2 heterocycles. The van der Waals surface area contributed by atoms with Crippen molar-refractivity contribution in [1.29, 1.82) is 0 Å². The van der Waals surface area contributed by atoms with E-state index in [-0.39, 0.29) is 30.6 Å². The Kier molecular flexibility index (Phi) is 5.65. The van der Waals surface area contributed by atoms with Crippen molar-refractivity contribution in [1.82, 2.24) is 9.80 Å². The smallest absolute Gasteiger partial charge is 0.240 e. The molecule has 0 N–H and O–H groups in total. The maximum atomic E-state index is 14.0. The van der Waals surface area contributed by atoms with E-state index in [9.17, 15) is 18.8 Å². The minimum atomic E-state index is -1.35. The number of carbonyl (C=O) groups excluding carboxylic acids is 3. The summed E-state index contributed by atoms with van der Waals surface area (Å²) in [5.41, 5.74) is 1.49. The van der Waals surface area contributed by atoms with E-state index in [1.807, 2.05) is 12.1 Å². The fourth-order valence-corrected chi connectivity index (χ4v) is 5.01. The third kappa shape index (κ3) is 3.87. The van der Waals surface area contributed by atoms with Gasteiger partial charge in [-0.05, 0) is 48.6 Å². The highest BCUT2D eigenvalue weighted by Crippen LogP contribution is 2.40. The van der Waals surface area contributed by atoms with Gasteiger partial charge in [-0.1, -0.05) is 36.4 Å². The van der Waals surface area contributed by atoms with E-state index < -0.39 is 17.1 Å². The van der Waals surface area contributed by atoms with Crippen LogP contribution in [0.15, 0.2) is 48.5 Å². The zero-order valence-electron chi connectivity index (χ0n) is 17.9. The van der Waals surface area contributed by atoms with Crippen LogP contribution in [0.25, 0.3) is 0 Å². The molecule has 2 aromatic rings. The van der Waals surface area contributed by atoms with Gasteiger partial charge in [0.25, 0.3) is 0 Å². The van der Waals surface area contributed by atoms with Crippen molar-refractivity contribution in [2.45, 2.75) is 43.9 Å². The second-order valence-corrected chi connectivity index (χ2v) is 8.74. The third-order valence-electron chi connectivity index (χ3n) is 6.77. The second kappa shape index (κ2) is 8.25. The van der Waals surface area contributed by atoms with Crippen molar-refractivity contribution in [2.75, 3.05) is 20.1 Å². The Bertz CT molecular complexity index is 1040. The van der Waals surface area contributed by atoms with Crippen LogP contribution in [0.1, 0.15) is 48.3 Å². The third-order valence-corrected chi connectivity index (χ3v) is 6.77. The maximum Gasteiger partial charge on any atom is 0.240 e. The molecule has 2 saturated heterocycles. The lowest BCUT2D eigenvalue weighted by molar-refractivity contribution is -0.141. The number of carbonyl (C=O) groups is 3. The number of nitrogens with zero attached hydrogens (tertiary/aromatic N) is 2. The van der Waals surface area contributed by atoms with Gasteiger partial charge in [0.05, 0.1) is 5.41 Å². The average Bonchev–Trinajstić information content (AvgIpc) is 2.98. The summed E-state index contributed by atoms with van der Waals surface area (Å²) in [4.78, 5) is 41.7. The number of piperidine rings is 1. The molecule has 0 saturated carbocycles. The molecule has 6 heteroatoms. The average molecular weight is 423 g/mol. The van der Waals surface area contributed by atoms with E-state index in [1.165, 1.54) is 36.4 Å². The lowest BCUT2D eigenvalue weighted by atomic mass is 9.75. The van der Waals surface area contributed by atoms with Gasteiger partial charge in [0.15, 0.2) is 0 Å². The van der Waals surface area contributed by atoms with Crippen molar-refractivity contribution in [3.05, 3.63) is 71.0 Å². The van der Waals surface area contributed by atoms with Crippen molar-refractivity contribution in [3.8, 4) is 0 Å². The molecule has 2 aliphatic heterocycles. The molecular weight excluding hydrogens is 395 g/mol. The number of benzene rings is 2. The monoisotopic (exact) mass is 422 g/mol. The molecule has 0 aromatic heterocycles. The molecule has 2 fully saturated rings. The van der Waals surface area contributed by atoms with Crippen LogP contribution in [0.2, 0.25) is 0 Å². The predicted octanol–water partition coefficient (Wildman–Crippen LogP) is 3.56. The number of likely N-dealkylation sites (N-methyl/N-ethyl adjacent to an activating group) is 1. The van der Waals surface area contributed by atoms with Crippen LogP contribution in [0, 0.1) is 12.7 Å². The Balaban J connectivity index is 1.60. The first-order valence-electron chi connectivity index (χ1n) is 10.7. The number of amides is 3. The van der Waals surface area contributed by atoms with E-state index >= 15 is 0 Å². The number of halogens is 1. The fourth-order valence-electron chi connectivity index (χ4n) is 5.01. The Morgan fingerprint density at radius 3 is 2.61 bits per heavy atom. The first-order chi connectivity index (χ1) is 14.8. The highest BCUT2D eigenvalue weighted by Gasteiger charge is 2.53. The summed E-state index contributed by atoms with van der Waals surface area (Å²) in [5.74, 6) is -1.20. The molecule has 0 radical (unpaired) electrons. The fraction of sp³-hybridized carbons (Fsp3) is 0.400. The van der Waals surface area contributed by atoms with Crippen LogP contribution in [0.4, 0.5) is 4.39 Å². The van der Waals surface area contributed by atoms with Crippen LogP contribution in [0.5, 0.6) is 0 Å². The van der Waals surface area contributed by atoms with Crippen molar-refractivity contribution in [2.24, 2.45) is 0 Å². The summed E-state index contributed by atoms with van der Waals surface area (Å²) >= 11 is 0. The van der Waals surface area contributed by atoms with Gasteiger partial charge in [-0.25, -0.2) is 4.39 Å². The van der Waals surface area contributed by atoms with E-state index in [2.05, 4.69) is 19.1 Å². The molecule has 5 nitrogen and oxygen atoms in total. The van der Waals surface area contributed by atoms with Gasteiger partial charge >= 0.3 is 0 Å². The van der Waals surface area contributed by atoms with E-state index in [1.54, 1.807) is 11.0 Å². The lowest BCUT2D eigenvalue weighted by Gasteiger charge is -2.36. The predicted molar refractivity (Wildman–Crippen MR) is 115 cm³/mol. The highest BCUT2D eigenvalue weighted by molar-refractivity contribution is 6.10. The van der Waals surface area contributed by atoms with Gasteiger partial charge in [-0.3, -0.25) is 19.3 Å². The molecule has 2 aromatic carbocycles. The van der Waals surface area contributed by atoms with Crippen LogP contribution in [0.3, 0.4) is 0 Å². The first-order valence-corrected chi connectivity index (χ1v) is 10.7. The number of hydrogen-bond donors (Lipinski definition) is 0. The van der Waals surface area contributed by atoms with Crippen molar-refractivity contribution in [3.63, 3.8) is 0 Å². The Morgan fingerprint density at radius 2 is 1.94 bits per heavy atom. The summed E-state index contributed by atoms with van der Waals surface area (Å²) in [5, 5.41) is 0. The number of hydrogen-bond acceptors (Lipinski definition) is 3. The van der Waals surface area contributed by atoms with E-state index in [4.69, 9.17) is 0 Å². The number of aryl methyl sites for hydroxylation is 1. The summed E-state index contributed by atoms with van der Waals surface area (Å²) in [6.07, 6.45) is 1.63. The molecule has 2 atom stereocenters. The molecule has 4 rings (SSSR count). The summed E-state index contributed by atoms with van der Waals surface area (Å²) < 4.78 is 14.0. The molecule has 2 aliphatic rings. The van der Waals surface area contributed by atoms with Crippen LogP contribution in [-0.2, 0) is 19.8 Å². The topological polar surface area (TPSA) is 57.7 Å². The van der Waals surface area contributed by atoms with Crippen molar-refractivity contribution >= 4 is 17.7 Å². The Hall–Kier alpha value is -3.02. The summed E-state index contributed by atoms with van der Waals surface area (Å²) in [6, 6.07) is 13.9. The Labute approximate surface area is 181 Å². The van der Waals surface area contributed by atoms with Gasteiger partial charge < -0.3 is 4.90 Å². The number of likely N-dealkylation sites (tertiary alicyclic amines) is 2. The Morgan fingerprint density at radius 1 is 1.16 bits per heavy atom. The van der Waals surface area contributed by atoms with E-state index in [0.29, 0.717) is 18.7 Å². The largest absolute Gasteiger partial charge is 0.342 e. The zero-order chi connectivity index (χ0) is 22.2. The molecule has 162 valence electrons. The quantitative estimate of drug-likeness (QED) is 0.708. The molecule has 3 amide bonds. The molecule has 0 aliphatic carbocycles.